The molecule has 16 heavy (non-hydrogen) atoms. The molecule has 0 aliphatic carbocycles. The van der Waals surface area contributed by atoms with Crippen LogP contribution in [-0.2, 0) is 9.59 Å². The Morgan fingerprint density at radius 1 is 1.38 bits per heavy atom. The first-order valence-corrected chi connectivity index (χ1v) is 5.35. The van der Waals surface area contributed by atoms with E-state index < -0.39 is 0 Å². The second-order valence-corrected chi connectivity index (χ2v) is 3.85. The molecule has 2 rings (SSSR count). The Hall–Kier alpha value is -1.84. The third kappa shape index (κ3) is 2.05. The zero-order valence-electron chi connectivity index (χ0n) is 9.19. The van der Waals surface area contributed by atoms with Gasteiger partial charge >= 0.3 is 0 Å². The molecule has 84 valence electrons. The molecule has 1 N–H and O–H groups in total. The van der Waals surface area contributed by atoms with Crippen molar-refractivity contribution in [2.45, 2.75) is 19.8 Å². The zero-order chi connectivity index (χ0) is 11.5. The number of carbonyl (C=O) groups is 2. The predicted molar refractivity (Wildman–Crippen MR) is 62.3 cm³/mol. The summed E-state index contributed by atoms with van der Waals surface area (Å²) in [4.78, 5) is 24.4. The number of nitrogens with zero attached hydrogens (tertiary/aromatic N) is 1. The van der Waals surface area contributed by atoms with Crippen LogP contribution in [0.15, 0.2) is 24.3 Å². The third-order valence-electron chi connectivity index (χ3n) is 2.58. The highest BCUT2D eigenvalue weighted by Crippen LogP contribution is 2.29. The summed E-state index contributed by atoms with van der Waals surface area (Å²) in [7, 11) is 0. The summed E-state index contributed by atoms with van der Waals surface area (Å²) in [5, 5.41) is 2.74. The van der Waals surface area contributed by atoms with Crippen LogP contribution in [0.1, 0.15) is 19.8 Å². The van der Waals surface area contributed by atoms with Gasteiger partial charge < -0.3 is 10.2 Å². The number of rotatable bonds is 2. The summed E-state index contributed by atoms with van der Waals surface area (Å²) in [6.45, 7) is 2.19. The van der Waals surface area contributed by atoms with Gasteiger partial charge in [-0.05, 0) is 18.6 Å². The van der Waals surface area contributed by atoms with Crippen molar-refractivity contribution in [2.24, 2.45) is 0 Å². The maximum absolute atomic E-state index is 11.6. The van der Waals surface area contributed by atoms with Gasteiger partial charge in [-0.3, -0.25) is 9.59 Å². The first-order chi connectivity index (χ1) is 7.68. The number of amides is 2. The second kappa shape index (κ2) is 4.35. The Kier molecular flexibility index (Phi) is 2.90. The van der Waals surface area contributed by atoms with E-state index in [1.165, 1.54) is 6.92 Å². The number of hydrogen-bond donors (Lipinski definition) is 1. The van der Waals surface area contributed by atoms with Crippen LogP contribution in [0.5, 0.6) is 0 Å². The van der Waals surface area contributed by atoms with Crippen molar-refractivity contribution in [2.75, 3.05) is 16.8 Å². The highest BCUT2D eigenvalue weighted by atomic mass is 16.2. The summed E-state index contributed by atoms with van der Waals surface area (Å²) in [6.07, 6.45) is 1.47. The number of benzene rings is 1. The van der Waals surface area contributed by atoms with Gasteiger partial charge in [-0.25, -0.2) is 0 Å². The molecule has 4 heteroatoms. The quantitative estimate of drug-likeness (QED) is 0.822. The molecule has 2 amide bonds. The minimum atomic E-state index is -0.126. The first-order valence-electron chi connectivity index (χ1n) is 5.35. The Morgan fingerprint density at radius 2 is 2.12 bits per heavy atom. The lowest BCUT2D eigenvalue weighted by atomic mass is 10.2. The zero-order valence-corrected chi connectivity index (χ0v) is 9.19. The van der Waals surface area contributed by atoms with Crippen molar-refractivity contribution in [1.29, 1.82) is 0 Å². The minimum absolute atomic E-state index is 0.123. The van der Waals surface area contributed by atoms with Crippen molar-refractivity contribution >= 4 is 23.2 Å². The number of hydrogen-bond acceptors (Lipinski definition) is 2. The lowest BCUT2D eigenvalue weighted by molar-refractivity contribution is -0.117. The van der Waals surface area contributed by atoms with Gasteiger partial charge in [0.05, 0.1) is 11.4 Å². The molecule has 1 aliphatic heterocycles. The lowest BCUT2D eigenvalue weighted by Gasteiger charge is -2.19. The van der Waals surface area contributed by atoms with Crippen LogP contribution >= 0.6 is 0 Å². The molecule has 0 atom stereocenters. The maximum atomic E-state index is 11.6. The van der Waals surface area contributed by atoms with Crippen LogP contribution in [0.4, 0.5) is 11.4 Å². The molecule has 0 unspecified atom stereocenters. The topological polar surface area (TPSA) is 49.4 Å². The summed E-state index contributed by atoms with van der Waals surface area (Å²) < 4.78 is 0. The molecule has 1 aromatic carbocycles. The highest BCUT2D eigenvalue weighted by Gasteiger charge is 2.23. The van der Waals surface area contributed by atoms with Crippen LogP contribution in [0, 0.1) is 0 Å². The van der Waals surface area contributed by atoms with Crippen LogP contribution in [0.2, 0.25) is 0 Å². The largest absolute Gasteiger partial charge is 0.325 e. The first kappa shape index (κ1) is 10.7. The predicted octanol–water partition coefficient (Wildman–Crippen LogP) is 1.77. The molecule has 1 saturated heterocycles. The fraction of sp³-hybridized carbons (Fsp3) is 0.333. The van der Waals surface area contributed by atoms with E-state index in [9.17, 15) is 9.59 Å². The van der Waals surface area contributed by atoms with E-state index in [1.54, 1.807) is 4.90 Å². The van der Waals surface area contributed by atoms with E-state index in [0.717, 1.165) is 18.7 Å². The fourth-order valence-corrected chi connectivity index (χ4v) is 1.91. The van der Waals surface area contributed by atoms with Gasteiger partial charge in [0.2, 0.25) is 11.8 Å². The Bertz CT molecular complexity index is 429. The lowest BCUT2D eigenvalue weighted by Crippen LogP contribution is -2.25. The highest BCUT2D eigenvalue weighted by molar-refractivity contribution is 6.01. The van der Waals surface area contributed by atoms with Crippen LogP contribution in [0.25, 0.3) is 0 Å². The van der Waals surface area contributed by atoms with Crippen molar-refractivity contribution in [3.63, 3.8) is 0 Å². The molecule has 0 spiro atoms. The molecule has 1 aromatic rings. The smallest absolute Gasteiger partial charge is 0.227 e. The van der Waals surface area contributed by atoms with E-state index in [0.29, 0.717) is 12.1 Å². The normalized spacial score (nSPS) is 15.3. The Labute approximate surface area is 94.2 Å². The average molecular weight is 218 g/mol. The fourth-order valence-electron chi connectivity index (χ4n) is 1.91. The van der Waals surface area contributed by atoms with Crippen molar-refractivity contribution in [3.8, 4) is 0 Å². The second-order valence-electron chi connectivity index (χ2n) is 3.85. The summed E-state index contributed by atoms with van der Waals surface area (Å²) in [5.41, 5.74) is 1.49. The molecule has 0 bridgehead atoms. The van der Waals surface area contributed by atoms with E-state index in [-0.39, 0.29) is 11.8 Å². The summed E-state index contributed by atoms with van der Waals surface area (Å²) in [5.74, 6) is -0.00287. The van der Waals surface area contributed by atoms with Crippen LogP contribution in [-0.4, -0.2) is 18.4 Å². The van der Waals surface area contributed by atoms with Gasteiger partial charge in [-0.2, -0.15) is 0 Å². The molecule has 1 heterocycles. The van der Waals surface area contributed by atoms with Crippen LogP contribution in [0.3, 0.4) is 0 Å². The molecule has 4 nitrogen and oxygen atoms in total. The molecule has 0 aromatic heterocycles. The van der Waals surface area contributed by atoms with Gasteiger partial charge in [0.25, 0.3) is 0 Å². The maximum Gasteiger partial charge on any atom is 0.227 e. The van der Waals surface area contributed by atoms with Crippen LogP contribution < -0.4 is 10.2 Å². The molecule has 0 radical (unpaired) electrons. The van der Waals surface area contributed by atoms with Crippen molar-refractivity contribution in [3.05, 3.63) is 24.3 Å². The van der Waals surface area contributed by atoms with Crippen molar-refractivity contribution < 1.29 is 9.59 Å². The van der Waals surface area contributed by atoms with Gasteiger partial charge in [-0.15, -0.1) is 0 Å². The van der Waals surface area contributed by atoms with E-state index in [1.807, 2.05) is 24.3 Å². The third-order valence-corrected chi connectivity index (χ3v) is 2.58. The van der Waals surface area contributed by atoms with Gasteiger partial charge in [0.15, 0.2) is 0 Å². The molecular formula is C12H14N2O2. The van der Waals surface area contributed by atoms with Gasteiger partial charge in [0, 0.05) is 19.9 Å². The number of anilines is 2. The number of carbonyl (C=O) groups excluding carboxylic acids is 2. The number of para-hydroxylation sites is 2. The molecule has 1 aliphatic rings. The number of nitrogens with one attached hydrogen (secondary N) is 1. The van der Waals surface area contributed by atoms with E-state index in [4.69, 9.17) is 0 Å². The minimum Gasteiger partial charge on any atom is -0.325 e. The standard InChI is InChI=1S/C12H14N2O2/c1-9(15)13-10-5-2-3-6-11(10)14-8-4-7-12(14)16/h2-3,5-6H,4,7-8H2,1H3,(H,13,15). The van der Waals surface area contributed by atoms with Gasteiger partial charge in [-0.1, -0.05) is 12.1 Å². The molecular weight excluding hydrogens is 204 g/mol. The molecule has 0 saturated carbocycles. The van der Waals surface area contributed by atoms with Gasteiger partial charge in [0.1, 0.15) is 0 Å². The monoisotopic (exact) mass is 218 g/mol. The average Bonchev–Trinajstić information content (AvgIpc) is 2.64. The van der Waals surface area contributed by atoms with E-state index >= 15 is 0 Å². The SMILES string of the molecule is CC(=O)Nc1ccccc1N1CCCC1=O. The van der Waals surface area contributed by atoms with E-state index in [2.05, 4.69) is 5.32 Å². The molecule has 1 fully saturated rings. The summed E-state index contributed by atoms with van der Waals surface area (Å²) >= 11 is 0. The summed E-state index contributed by atoms with van der Waals surface area (Å²) in [6, 6.07) is 7.37. The Morgan fingerprint density at radius 3 is 2.75 bits per heavy atom. The van der Waals surface area contributed by atoms with Crippen molar-refractivity contribution in [1.82, 2.24) is 0 Å². The Balaban J connectivity index is 2.32.